The van der Waals surface area contributed by atoms with Gasteiger partial charge in [0.2, 0.25) is 11.7 Å². The summed E-state index contributed by atoms with van der Waals surface area (Å²) >= 11 is 5.85. The third-order valence-corrected chi connectivity index (χ3v) is 3.81. The van der Waals surface area contributed by atoms with Gasteiger partial charge in [0.05, 0.1) is 6.54 Å². The van der Waals surface area contributed by atoms with Gasteiger partial charge in [-0.25, -0.2) is 0 Å². The molecule has 1 atom stereocenters. The van der Waals surface area contributed by atoms with E-state index in [2.05, 4.69) is 15.0 Å². The second-order valence-electron chi connectivity index (χ2n) is 5.09. The quantitative estimate of drug-likeness (QED) is 0.936. The molecule has 1 fully saturated rings. The van der Waals surface area contributed by atoms with Crippen molar-refractivity contribution in [2.24, 2.45) is 5.92 Å². The Kier molecular flexibility index (Phi) is 4.00. The first-order valence-electron chi connectivity index (χ1n) is 6.66. The Morgan fingerprint density at radius 1 is 1.35 bits per heavy atom. The monoisotopic (exact) mass is 293 g/mol. The molecule has 1 aromatic heterocycles. The summed E-state index contributed by atoms with van der Waals surface area (Å²) in [7, 11) is 0. The van der Waals surface area contributed by atoms with Crippen LogP contribution in [0, 0.1) is 5.92 Å². The van der Waals surface area contributed by atoms with Crippen molar-refractivity contribution in [3.05, 3.63) is 35.2 Å². The Bertz CT molecular complexity index is 570. The van der Waals surface area contributed by atoms with Gasteiger partial charge in [0.1, 0.15) is 0 Å². The summed E-state index contributed by atoms with van der Waals surface area (Å²) in [6, 6.07) is 7.35. The Labute approximate surface area is 122 Å². The molecule has 3 rings (SSSR count). The molecule has 0 amide bonds. The molecule has 0 aliphatic carbocycles. The predicted molar refractivity (Wildman–Crippen MR) is 75.2 cm³/mol. The highest BCUT2D eigenvalue weighted by molar-refractivity contribution is 6.30. The Morgan fingerprint density at radius 3 is 2.85 bits per heavy atom. The molecular weight excluding hydrogens is 278 g/mol. The molecule has 20 heavy (non-hydrogen) atoms. The lowest BCUT2D eigenvalue weighted by molar-refractivity contribution is 0.211. The van der Waals surface area contributed by atoms with Crippen molar-refractivity contribution in [2.75, 3.05) is 19.7 Å². The molecule has 1 N–H and O–H groups in total. The topological polar surface area (TPSA) is 62.4 Å². The van der Waals surface area contributed by atoms with Gasteiger partial charge in [-0.3, -0.25) is 4.90 Å². The maximum Gasteiger partial charge on any atom is 0.241 e. The first-order valence-corrected chi connectivity index (χ1v) is 7.04. The number of likely N-dealkylation sites (tertiary alicyclic amines) is 1. The normalized spacial score (nSPS) is 19.6. The van der Waals surface area contributed by atoms with Gasteiger partial charge in [-0.15, -0.1) is 0 Å². The molecule has 5 nitrogen and oxygen atoms in total. The van der Waals surface area contributed by atoms with Gasteiger partial charge in [0.25, 0.3) is 0 Å². The molecule has 0 saturated carbocycles. The van der Waals surface area contributed by atoms with Crippen molar-refractivity contribution in [1.82, 2.24) is 15.0 Å². The van der Waals surface area contributed by atoms with E-state index in [1.54, 1.807) is 12.1 Å². The zero-order chi connectivity index (χ0) is 13.9. The number of hydrogen-bond acceptors (Lipinski definition) is 5. The number of aromatic nitrogens is 2. The van der Waals surface area contributed by atoms with Crippen LogP contribution in [0.25, 0.3) is 11.4 Å². The van der Waals surface area contributed by atoms with Gasteiger partial charge in [0, 0.05) is 23.7 Å². The standard InChI is InChI=1S/C14H16ClN3O2/c15-12-3-1-11(2-4-12)14-16-13(20-17-14)8-18-6-5-10(7-18)9-19/h1-4,10,19H,5-9H2. The van der Waals surface area contributed by atoms with E-state index < -0.39 is 0 Å². The highest BCUT2D eigenvalue weighted by Gasteiger charge is 2.23. The largest absolute Gasteiger partial charge is 0.396 e. The zero-order valence-electron chi connectivity index (χ0n) is 11.0. The van der Waals surface area contributed by atoms with Gasteiger partial charge < -0.3 is 9.63 Å². The van der Waals surface area contributed by atoms with Crippen LogP contribution in [0.4, 0.5) is 0 Å². The number of aliphatic hydroxyl groups excluding tert-OH is 1. The van der Waals surface area contributed by atoms with Gasteiger partial charge >= 0.3 is 0 Å². The summed E-state index contributed by atoms with van der Waals surface area (Å²) in [4.78, 5) is 6.62. The minimum Gasteiger partial charge on any atom is -0.396 e. The maximum absolute atomic E-state index is 9.14. The van der Waals surface area contributed by atoms with E-state index in [1.165, 1.54) is 0 Å². The molecule has 0 radical (unpaired) electrons. The molecule has 0 bridgehead atoms. The summed E-state index contributed by atoms with van der Waals surface area (Å²) in [6.45, 7) is 2.73. The number of nitrogens with zero attached hydrogens (tertiary/aromatic N) is 3. The predicted octanol–water partition coefficient (Wildman–Crippen LogP) is 2.20. The molecule has 6 heteroatoms. The summed E-state index contributed by atoms with van der Waals surface area (Å²) in [5.41, 5.74) is 0.888. The summed E-state index contributed by atoms with van der Waals surface area (Å²) in [5, 5.41) is 13.8. The van der Waals surface area contributed by atoms with Crippen LogP contribution < -0.4 is 0 Å². The molecular formula is C14H16ClN3O2. The Balaban J connectivity index is 1.66. The SMILES string of the molecule is OCC1CCN(Cc2nc(-c3ccc(Cl)cc3)no2)C1. The average molecular weight is 294 g/mol. The van der Waals surface area contributed by atoms with Crippen LogP contribution in [0.3, 0.4) is 0 Å². The molecule has 2 heterocycles. The third-order valence-electron chi connectivity index (χ3n) is 3.56. The Hall–Kier alpha value is -1.43. The van der Waals surface area contributed by atoms with Crippen LogP contribution in [-0.4, -0.2) is 39.8 Å². The molecule has 0 spiro atoms. The van der Waals surface area contributed by atoms with E-state index >= 15 is 0 Å². The second kappa shape index (κ2) is 5.91. The van der Waals surface area contributed by atoms with Crippen molar-refractivity contribution >= 4 is 11.6 Å². The van der Waals surface area contributed by atoms with Crippen molar-refractivity contribution in [1.29, 1.82) is 0 Å². The number of rotatable bonds is 4. The lowest BCUT2D eigenvalue weighted by atomic mass is 10.1. The van der Waals surface area contributed by atoms with E-state index in [9.17, 15) is 0 Å². The molecule has 1 aliphatic heterocycles. The number of benzene rings is 1. The van der Waals surface area contributed by atoms with Crippen LogP contribution in [0.5, 0.6) is 0 Å². The lowest BCUT2D eigenvalue weighted by Gasteiger charge is -2.11. The number of aliphatic hydroxyl groups is 1. The fourth-order valence-corrected chi connectivity index (χ4v) is 2.56. The number of halogens is 1. The highest BCUT2D eigenvalue weighted by Crippen LogP contribution is 2.21. The van der Waals surface area contributed by atoms with Crippen molar-refractivity contribution < 1.29 is 9.63 Å². The van der Waals surface area contributed by atoms with Gasteiger partial charge in [-0.2, -0.15) is 4.98 Å². The molecule has 1 saturated heterocycles. The van der Waals surface area contributed by atoms with Gasteiger partial charge in [0.15, 0.2) is 0 Å². The van der Waals surface area contributed by atoms with Gasteiger partial charge in [-0.05, 0) is 43.1 Å². The fraction of sp³-hybridized carbons (Fsp3) is 0.429. The minimum atomic E-state index is 0.246. The highest BCUT2D eigenvalue weighted by atomic mass is 35.5. The van der Waals surface area contributed by atoms with Crippen molar-refractivity contribution in [2.45, 2.75) is 13.0 Å². The lowest BCUT2D eigenvalue weighted by Crippen LogP contribution is -2.21. The van der Waals surface area contributed by atoms with E-state index in [0.29, 0.717) is 29.2 Å². The molecule has 1 aliphatic rings. The second-order valence-corrected chi connectivity index (χ2v) is 5.53. The molecule has 1 unspecified atom stereocenters. The molecule has 2 aromatic rings. The van der Waals surface area contributed by atoms with Crippen LogP contribution >= 0.6 is 11.6 Å². The Morgan fingerprint density at radius 2 is 2.15 bits per heavy atom. The summed E-state index contributed by atoms with van der Waals surface area (Å²) in [6.07, 6.45) is 1.02. The van der Waals surface area contributed by atoms with Crippen LogP contribution in [0.2, 0.25) is 5.02 Å². The van der Waals surface area contributed by atoms with E-state index in [4.69, 9.17) is 21.2 Å². The summed E-state index contributed by atoms with van der Waals surface area (Å²) in [5.74, 6) is 1.55. The van der Waals surface area contributed by atoms with E-state index in [-0.39, 0.29) is 6.61 Å². The van der Waals surface area contributed by atoms with Crippen LogP contribution in [0.15, 0.2) is 28.8 Å². The van der Waals surface area contributed by atoms with Gasteiger partial charge in [-0.1, -0.05) is 16.8 Å². The maximum atomic E-state index is 9.14. The van der Waals surface area contributed by atoms with E-state index in [0.717, 1.165) is 25.1 Å². The first kappa shape index (κ1) is 13.5. The zero-order valence-corrected chi connectivity index (χ0v) is 11.8. The first-order chi connectivity index (χ1) is 9.74. The minimum absolute atomic E-state index is 0.246. The van der Waals surface area contributed by atoms with Crippen LogP contribution in [0.1, 0.15) is 12.3 Å². The van der Waals surface area contributed by atoms with E-state index in [1.807, 2.05) is 12.1 Å². The van der Waals surface area contributed by atoms with Crippen molar-refractivity contribution in [3.8, 4) is 11.4 Å². The third kappa shape index (κ3) is 3.00. The number of hydrogen-bond donors (Lipinski definition) is 1. The van der Waals surface area contributed by atoms with Crippen molar-refractivity contribution in [3.63, 3.8) is 0 Å². The smallest absolute Gasteiger partial charge is 0.241 e. The summed E-state index contributed by atoms with van der Waals surface area (Å²) < 4.78 is 5.28. The fourth-order valence-electron chi connectivity index (χ4n) is 2.43. The average Bonchev–Trinajstić information content (AvgIpc) is 3.09. The molecule has 106 valence electrons. The van der Waals surface area contributed by atoms with Crippen LogP contribution in [-0.2, 0) is 6.54 Å². The molecule has 1 aromatic carbocycles.